The van der Waals surface area contributed by atoms with Gasteiger partial charge in [0.1, 0.15) is 0 Å². The Labute approximate surface area is 123 Å². The summed E-state index contributed by atoms with van der Waals surface area (Å²) in [4.78, 5) is 15.0. The minimum absolute atomic E-state index is 0.321. The Bertz CT molecular complexity index is 452. The molecule has 0 aromatic carbocycles. The molecule has 0 aliphatic carbocycles. The van der Waals surface area contributed by atoms with Crippen LogP contribution in [0.3, 0.4) is 0 Å². The number of carbonyl (C=O) groups is 1. The van der Waals surface area contributed by atoms with E-state index < -0.39 is 11.4 Å². The van der Waals surface area contributed by atoms with Crippen LogP contribution in [0.1, 0.15) is 44.0 Å². The summed E-state index contributed by atoms with van der Waals surface area (Å²) in [5.41, 5.74) is -0.511. The zero-order valence-corrected chi connectivity index (χ0v) is 12.9. The topological polar surface area (TPSA) is 40.5 Å². The predicted octanol–water partition coefficient (Wildman–Crippen LogP) is 4.04. The van der Waals surface area contributed by atoms with E-state index in [2.05, 4.69) is 17.9 Å². The molecule has 1 atom stereocenters. The summed E-state index contributed by atoms with van der Waals surface area (Å²) in [7, 11) is 0. The monoisotopic (exact) mass is 301 g/mol. The molecule has 0 spiro atoms. The van der Waals surface area contributed by atoms with Crippen LogP contribution < -0.4 is 0 Å². The fourth-order valence-electron chi connectivity index (χ4n) is 2.79. The number of carboxylic acid groups (broad SMARTS) is 1. The van der Waals surface area contributed by atoms with Gasteiger partial charge in [-0.2, -0.15) is 0 Å². The van der Waals surface area contributed by atoms with Gasteiger partial charge in [-0.25, -0.2) is 0 Å². The van der Waals surface area contributed by atoms with Crippen LogP contribution in [0.4, 0.5) is 0 Å². The highest BCUT2D eigenvalue weighted by molar-refractivity contribution is 7.16. The Morgan fingerprint density at radius 1 is 1.53 bits per heavy atom. The van der Waals surface area contributed by atoms with Gasteiger partial charge in [-0.05, 0) is 51.4 Å². The normalized spacial score (nSPS) is 21.2. The SMILES string of the molecule is CCC1(C(=O)O)CCN(C(C)c2ccc(Cl)s2)CC1. The molecular weight excluding hydrogens is 282 g/mol. The Kier molecular flexibility index (Phi) is 4.54. The van der Waals surface area contributed by atoms with Crippen LogP contribution in [0.15, 0.2) is 12.1 Å². The average Bonchev–Trinajstić information content (AvgIpc) is 2.84. The highest BCUT2D eigenvalue weighted by Gasteiger charge is 2.40. The van der Waals surface area contributed by atoms with E-state index in [1.807, 2.05) is 13.0 Å². The van der Waals surface area contributed by atoms with Crippen LogP contribution in [0.2, 0.25) is 4.34 Å². The molecule has 1 aromatic heterocycles. The number of likely N-dealkylation sites (tertiary alicyclic amines) is 1. The number of nitrogens with zero attached hydrogens (tertiary/aromatic N) is 1. The summed E-state index contributed by atoms with van der Waals surface area (Å²) in [5, 5.41) is 9.40. The minimum atomic E-state index is -0.638. The van der Waals surface area contributed by atoms with Crippen molar-refractivity contribution in [1.82, 2.24) is 4.90 Å². The van der Waals surface area contributed by atoms with Crippen molar-refractivity contribution in [3.63, 3.8) is 0 Å². The molecule has 19 heavy (non-hydrogen) atoms. The van der Waals surface area contributed by atoms with E-state index in [1.54, 1.807) is 11.3 Å². The maximum Gasteiger partial charge on any atom is 0.309 e. The number of piperidine rings is 1. The molecule has 1 aliphatic heterocycles. The van der Waals surface area contributed by atoms with E-state index in [4.69, 9.17) is 11.6 Å². The van der Waals surface area contributed by atoms with Crippen molar-refractivity contribution in [3.05, 3.63) is 21.3 Å². The smallest absolute Gasteiger partial charge is 0.309 e. The number of rotatable bonds is 4. The van der Waals surface area contributed by atoms with E-state index in [0.29, 0.717) is 6.04 Å². The largest absolute Gasteiger partial charge is 0.481 e. The van der Waals surface area contributed by atoms with Crippen LogP contribution >= 0.6 is 22.9 Å². The molecule has 0 saturated carbocycles. The Morgan fingerprint density at radius 3 is 2.58 bits per heavy atom. The van der Waals surface area contributed by atoms with Crippen molar-refractivity contribution in [3.8, 4) is 0 Å². The van der Waals surface area contributed by atoms with Crippen LogP contribution in [-0.4, -0.2) is 29.1 Å². The molecule has 2 heterocycles. The second-order valence-electron chi connectivity index (χ2n) is 5.29. The number of thiophene rings is 1. The van der Waals surface area contributed by atoms with Crippen molar-refractivity contribution in [2.45, 2.75) is 39.2 Å². The number of halogens is 1. The third-order valence-electron chi connectivity index (χ3n) is 4.44. The van der Waals surface area contributed by atoms with Gasteiger partial charge in [0.2, 0.25) is 0 Å². The van der Waals surface area contributed by atoms with Gasteiger partial charge in [0, 0.05) is 10.9 Å². The van der Waals surface area contributed by atoms with Crippen LogP contribution in [0.25, 0.3) is 0 Å². The number of aliphatic carboxylic acids is 1. The summed E-state index contributed by atoms with van der Waals surface area (Å²) in [6.45, 7) is 5.84. The first-order valence-corrected chi connectivity index (χ1v) is 7.90. The Morgan fingerprint density at radius 2 is 2.16 bits per heavy atom. The molecule has 1 aliphatic rings. The molecule has 0 bridgehead atoms. The lowest BCUT2D eigenvalue weighted by molar-refractivity contribution is -0.152. The van der Waals surface area contributed by atoms with Crippen molar-refractivity contribution in [2.75, 3.05) is 13.1 Å². The Hall–Kier alpha value is -0.580. The lowest BCUT2D eigenvalue weighted by atomic mass is 9.76. The summed E-state index contributed by atoms with van der Waals surface area (Å²) in [6.07, 6.45) is 2.19. The van der Waals surface area contributed by atoms with Gasteiger partial charge < -0.3 is 5.11 Å². The maximum absolute atomic E-state index is 11.4. The molecule has 1 saturated heterocycles. The molecule has 1 N–H and O–H groups in total. The van der Waals surface area contributed by atoms with Gasteiger partial charge in [0.15, 0.2) is 0 Å². The van der Waals surface area contributed by atoms with E-state index >= 15 is 0 Å². The number of hydrogen-bond acceptors (Lipinski definition) is 3. The fourth-order valence-corrected chi connectivity index (χ4v) is 3.94. The maximum atomic E-state index is 11.4. The second-order valence-corrected chi connectivity index (χ2v) is 7.04. The first-order chi connectivity index (χ1) is 8.98. The highest BCUT2D eigenvalue weighted by Crippen LogP contribution is 2.39. The van der Waals surface area contributed by atoms with Gasteiger partial charge in [0.25, 0.3) is 0 Å². The van der Waals surface area contributed by atoms with Crippen molar-refractivity contribution >= 4 is 28.9 Å². The summed E-state index contributed by atoms with van der Waals surface area (Å²) < 4.78 is 0.812. The molecule has 3 nitrogen and oxygen atoms in total. The predicted molar refractivity (Wildman–Crippen MR) is 78.9 cm³/mol. The first kappa shape index (κ1) is 14.8. The second kappa shape index (κ2) is 5.81. The lowest BCUT2D eigenvalue weighted by Crippen LogP contribution is -2.44. The lowest BCUT2D eigenvalue weighted by Gasteiger charge is -2.40. The van der Waals surface area contributed by atoms with Crippen LogP contribution in [0.5, 0.6) is 0 Å². The molecule has 0 radical (unpaired) electrons. The van der Waals surface area contributed by atoms with Crippen LogP contribution in [0, 0.1) is 5.41 Å². The standard InChI is InChI=1S/C14H20ClNO2S/c1-3-14(13(17)18)6-8-16(9-7-14)10(2)11-4-5-12(15)19-11/h4-5,10H,3,6-9H2,1-2H3,(H,17,18). The molecule has 5 heteroatoms. The average molecular weight is 302 g/mol. The molecule has 0 amide bonds. The van der Waals surface area contributed by atoms with E-state index in [1.165, 1.54) is 4.88 Å². The number of hydrogen-bond donors (Lipinski definition) is 1. The highest BCUT2D eigenvalue weighted by atomic mass is 35.5. The van der Waals surface area contributed by atoms with Crippen LogP contribution in [-0.2, 0) is 4.79 Å². The Balaban J connectivity index is 2.02. The zero-order valence-electron chi connectivity index (χ0n) is 11.4. The van der Waals surface area contributed by atoms with Gasteiger partial charge in [0.05, 0.1) is 9.75 Å². The molecule has 106 valence electrons. The van der Waals surface area contributed by atoms with Gasteiger partial charge >= 0.3 is 5.97 Å². The van der Waals surface area contributed by atoms with E-state index in [-0.39, 0.29) is 0 Å². The first-order valence-electron chi connectivity index (χ1n) is 6.71. The number of carboxylic acids is 1. The third kappa shape index (κ3) is 2.96. The van der Waals surface area contributed by atoms with E-state index in [0.717, 1.165) is 36.7 Å². The van der Waals surface area contributed by atoms with Gasteiger partial charge in [-0.1, -0.05) is 18.5 Å². The molecule has 1 aromatic rings. The summed E-state index contributed by atoms with van der Waals surface area (Å²) in [6, 6.07) is 4.31. The molecular formula is C14H20ClNO2S. The quantitative estimate of drug-likeness (QED) is 0.912. The summed E-state index contributed by atoms with van der Waals surface area (Å²) in [5.74, 6) is -0.638. The van der Waals surface area contributed by atoms with Gasteiger partial charge in [-0.3, -0.25) is 9.69 Å². The molecule has 2 rings (SSSR count). The third-order valence-corrected chi connectivity index (χ3v) is 5.84. The van der Waals surface area contributed by atoms with Crippen molar-refractivity contribution in [2.24, 2.45) is 5.41 Å². The minimum Gasteiger partial charge on any atom is -0.481 e. The molecule has 1 unspecified atom stereocenters. The fraction of sp³-hybridized carbons (Fsp3) is 0.643. The van der Waals surface area contributed by atoms with Crippen molar-refractivity contribution in [1.29, 1.82) is 0 Å². The van der Waals surface area contributed by atoms with Crippen molar-refractivity contribution < 1.29 is 9.90 Å². The molecule has 1 fully saturated rings. The summed E-state index contributed by atoms with van der Waals surface area (Å²) >= 11 is 7.58. The van der Waals surface area contributed by atoms with E-state index in [9.17, 15) is 9.90 Å². The zero-order chi connectivity index (χ0) is 14.0. The van der Waals surface area contributed by atoms with Gasteiger partial charge in [-0.15, -0.1) is 11.3 Å².